The van der Waals surface area contributed by atoms with Gasteiger partial charge in [-0.2, -0.15) is 5.26 Å². The standard InChI is InChI=1S/C19H15NS/c1-2-14-7-9-15(10-8-14)16(12-20)11-17-13-21-19-6-4-3-5-18(17)19/h3-11,13H,2H2,1H3/b16-11+. The number of rotatable bonds is 3. The van der Waals surface area contributed by atoms with E-state index in [1.165, 1.54) is 15.6 Å². The highest BCUT2D eigenvalue weighted by Crippen LogP contribution is 2.29. The lowest BCUT2D eigenvalue weighted by molar-refractivity contribution is 1.14. The summed E-state index contributed by atoms with van der Waals surface area (Å²) in [5, 5.41) is 12.8. The SMILES string of the molecule is CCc1ccc(/C(C#N)=C/c2csc3ccccc23)cc1. The second-order valence-corrected chi connectivity index (χ2v) is 5.82. The zero-order valence-electron chi connectivity index (χ0n) is 11.8. The first-order valence-electron chi connectivity index (χ1n) is 6.99. The average molecular weight is 289 g/mol. The molecule has 102 valence electrons. The third-order valence-electron chi connectivity index (χ3n) is 3.60. The van der Waals surface area contributed by atoms with Gasteiger partial charge in [0.15, 0.2) is 0 Å². The van der Waals surface area contributed by atoms with Crippen molar-refractivity contribution in [2.75, 3.05) is 0 Å². The van der Waals surface area contributed by atoms with E-state index in [2.05, 4.69) is 42.6 Å². The predicted molar refractivity (Wildman–Crippen MR) is 91.1 cm³/mol. The van der Waals surface area contributed by atoms with E-state index in [4.69, 9.17) is 0 Å². The van der Waals surface area contributed by atoms with Crippen molar-refractivity contribution in [3.05, 3.63) is 70.6 Å². The predicted octanol–water partition coefficient (Wildman–Crippen LogP) is 5.53. The minimum Gasteiger partial charge on any atom is -0.192 e. The van der Waals surface area contributed by atoms with E-state index in [9.17, 15) is 5.26 Å². The fourth-order valence-corrected chi connectivity index (χ4v) is 3.28. The lowest BCUT2D eigenvalue weighted by atomic mass is 10.0. The van der Waals surface area contributed by atoms with Crippen molar-refractivity contribution in [2.24, 2.45) is 0 Å². The minimum atomic E-state index is 0.709. The lowest BCUT2D eigenvalue weighted by Crippen LogP contribution is -1.84. The maximum atomic E-state index is 9.46. The van der Waals surface area contributed by atoms with Crippen molar-refractivity contribution in [3.63, 3.8) is 0 Å². The van der Waals surface area contributed by atoms with Crippen molar-refractivity contribution in [3.8, 4) is 6.07 Å². The number of benzene rings is 2. The van der Waals surface area contributed by atoms with Gasteiger partial charge < -0.3 is 0 Å². The third-order valence-corrected chi connectivity index (χ3v) is 4.59. The molecule has 0 unspecified atom stereocenters. The van der Waals surface area contributed by atoms with Crippen LogP contribution in [0.5, 0.6) is 0 Å². The second kappa shape index (κ2) is 5.95. The van der Waals surface area contributed by atoms with Crippen LogP contribution in [-0.2, 0) is 6.42 Å². The normalized spacial score (nSPS) is 11.5. The number of hydrogen-bond donors (Lipinski definition) is 0. The summed E-state index contributed by atoms with van der Waals surface area (Å²) in [5.74, 6) is 0. The molecule has 0 saturated carbocycles. The van der Waals surface area contributed by atoms with Crippen LogP contribution in [0, 0.1) is 11.3 Å². The lowest BCUT2D eigenvalue weighted by Gasteiger charge is -2.01. The van der Waals surface area contributed by atoms with Crippen LogP contribution in [-0.4, -0.2) is 0 Å². The molecule has 2 heteroatoms. The van der Waals surface area contributed by atoms with E-state index < -0.39 is 0 Å². The number of aryl methyl sites for hydroxylation is 1. The molecule has 3 rings (SSSR count). The first-order chi connectivity index (χ1) is 10.3. The van der Waals surface area contributed by atoms with Gasteiger partial charge in [0.05, 0.1) is 11.6 Å². The van der Waals surface area contributed by atoms with Gasteiger partial charge in [0.1, 0.15) is 0 Å². The van der Waals surface area contributed by atoms with Gasteiger partial charge in [0, 0.05) is 4.70 Å². The molecule has 0 aliphatic heterocycles. The molecule has 0 aliphatic rings. The Bertz CT molecular complexity index is 832. The molecular weight excluding hydrogens is 274 g/mol. The Morgan fingerprint density at radius 3 is 2.62 bits per heavy atom. The van der Waals surface area contributed by atoms with E-state index >= 15 is 0 Å². The summed E-state index contributed by atoms with van der Waals surface area (Å²) in [6.07, 6.45) is 3.00. The van der Waals surface area contributed by atoms with Crippen LogP contribution in [0.2, 0.25) is 0 Å². The zero-order valence-corrected chi connectivity index (χ0v) is 12.7. The molecule has 0 amide bonds. The Morgan fingerprint density at radius 1 is 1.14 bits per heavy atom. The summed E-state index contributed by atoms with van der Waals surface area (Å²) in [6, 6.07) is 18.9. The highest BCUT2D eigenvalue weighted by Gasteiger charge is 2.05. The maximum absolute atomic E-state index is 9.46. The summed E-state index contributed by atoms with van der Waals surface area (Å²) >= 11 is 1.71. The largest absolute Gasteiger partial charge is 0.192 e. The van der Waals surface area contributed by atoms with Gasteiger partial charge in [-0.3, -0.25) is 0 Å². The summed E-state index contributed by atoms with van der Waals surface area (Å²) in [7, 11) is 0. The first-order valence-corrected chi connectivity index (χ1v) is 7.87. The van der Waals surface area contributed by atoms with Gasteiger partial charge in [0.25, 0.3) is 0 Å². The monoisotopic (exact) mass is 289 g/mol. The molecule has 2 aromatic carbocycles. The van der Waals surface area contributed by atoms with Crippen LogP contribution in [0.3, 0.4) is 0 Å². The van der Waals surface area contributed by atoms with Crippen molar-refractivity contribution in [2.45, 2.75) is 13.3 Å². The molecule has 1 nitrogen and oxygen atoms in total. The molecule has 0 fully saturated rings. The summed E-state index contributed by atoms with van der Waals surface area (Å²) in [4.78, 5) is 0. The molecule has 0 N–H and O–H groups in total. The van der Waals surface area contributed by atoms with Crippen LogP contribution in [0.1, 0.15) is 23.6 Å². The highest BCUT2D eigenvalue weighted by atomic mass is 32.1. The van der Waals surface area contributed by atoms with E-state index in [1.54, 1.807) is 11.3 Å². The Balaban J connectivity index is 2.04. The minimum absolute atomic E-state index is 0.709. The van der Waals surface area contributed by atoms with Crippen LogP contribution >= 0.6 is 11.3 Å². The van der Waals surface area contributed by atoms with Crippen molar-refractivity contribution in [1.29, 1.82) is 5.26 Å². The maximum Gasteiger partial charge on any atom is 0.0998 e. The van der Waals surface area contributed by atoms with Gasteiger partial charge in [0.2, 0.25) is 0 Å². The Labute approximate surface area is 128 Å². The van der Waals surface area contributed by atoms with Gasteiger partial charge >= 0.3 is 0 Å². The molecule has 21 heavy (non-hydrogen) atoms. The number of thiophene rings is 1. The first kappa shape index (κ1) is 13.6. The highest BCUT2D eigenvalue weighted by molar-refractivity contribution is 7.17. The number of hydrogen-bond acceptors (Lipinski definition) is 2. The topological polar surface area (TPSA) is 23.8 Å². The smallest absolute Gasteiger partial charge is 0.0998 e. The molecular formula is C19H15NS. The number of allylic oxidation sites excluding steroid dienone is 1. The summed E-state index contributed by atoms with van der Waals surface area (Å²) in [5.41, 5.74) is 4.09. The van der Waals surface area contributed by atoms with Gasteiger partial charge in [-0.25, -0.2) is 0 Å². The van der Waals surface area contributed by atoms with Crippen molar-refractivity contribution in [1.82, 2.24) is 0 Å². The van der Waals surface area contributed by atoms with E-state index in [-0.39, 0.29) is 0 Å². The molecule has 0 atom stereocenters. The van der Waals surface area contributed by atoms with E-state index in [0.29, 0.717) is 5.57 Å². The number of nitriles is 1. The van der Waals surface area contributed by atoms with Crippen LogP contribution in [0.15, 0.2) is 53.9 Å². The summed E-state index contributed by atoms with van der Waals surface area (Å²) in [6.45, 7) is 2.13. The molecule has 0 radical (unpaired) electrons. The Morgan fingerprint density at radius 2 is 1.90 bits per heavy atom. The number of fused-ring (bicyclic) bond motifs is 1. The van der Waals surface area contributed by atoms with Gasteiger partial charge in [-0.05, 0) is 46.0 Å². The van der Waals surface area contributed by atoms with Gasteiger partial charge in [-0.15, -0.1) is 11.3 Å². The quantitative estimate of drug-likeness (QED) is 0.582. The van der Waals surface area contributed by atoms with E-state index in [0.717, 1.165) is 17.5 Å². The molecule has 0 spiro atoms. The molecule has 1 heterocycles. The van der Waals surface area contributed by atoms with E-state index in [1.807, 2.05) is 30.3 Å². The second-order valence-electron chi connectivity index (χ2n) is 4.91. The van der Waals surface area contributed by atoms with Crippen LogP contribution < -0.4 is 0 Å². The molecule has 0 aliphatic carbocycles. The molecule has 0 saturated heterocycles. The zero-order chi connectivity index (χ0) is 14.7. The molecule has 3 aromatic rings. The number of nitrogens with zero attached hydrogens (tertiary/aromatic N) is 1. The van der Waals surface area contributed by atoms with Crippen LogP contribution in [0.4, 0.5) is 0 Å². The van der Waals surface area contributed by atoms with Crippen molar-refractivity contribution < 1.29 is 0 Å². The third kappa shape index (κ3) is 2.74. The average Bonchev–Trinajstić information content (AvgIpc) is 2.96. The van der Waals surface area contributed by atoms with Gasteiger partial charge in [-0.1, -0.05) is 49.4 Å². The fraction of sp³-hybridized carbons (Fsp3) is 0.105. The molecule has 0 bridgehead atoms. The summed E-state index contributed by atoms with van der Waals surface area (Å²) < 4.78 is 1.25. The molecule has 1 aromatic heterocycles. The van der Waals surface area contributed by atoms with Crippen molar-refractivity contribution >= 4 is 33.1 Å². The Hall–Kier alpha value is -2.37. The fourth-order valence-electron chi connectivity index (χ4n) is 2.37. The van der Waals surface area contributed by atoms with Crippen LogP contribution in [0.25, 0.3) is 21.7 Å². The Kier molecular flexibility index (Phi) is 3.85.